The van der Waals surface area contributed by atoms with Gasteiger partial charge in [0.15, 0.2) is 0 Å². The molecule has 1 unspecified atom stereocenters. The van der Waals surface area contributed by atoms with Gasteiger partial charge in [0, 0.05) is 30.1 Å². The number of anilines is 1. The second kappa shape index (κ2) is 6.08. The van der Waals surface area contributed by atoms with E-state index in [-0.39, 0.29) is 5.91 Å². The number of amides is 1. The van der Waals surface area contributed by atoms with E-state index in [1.807, 2.05) is 30.0 Å². The molecule has 0 saturated carbocycles. The maximum atomic E-state index is 11.6. The summed E-state index contributed by atoms with van der Waals surface area (Å²) in [4.78, 5) is 11.6. The van der Waals surface area contributed by atoms with Crippen LogP contribution in [0.2, 0.25) is 0 Å². The molecule has 0 bridgehead atoms. The van der Waals surface area contributed by atoms with Crippen LogP contribution in [0.5, 0.6) is 0 Å². The molecule has 0 spiro atoms. The molecule has 0 aliphatic carbocycles. The Morgan fingerprint density at radius 2 is 2.15 bits per heavy atom. The summed E-state index contributed by atoms with van der Waals surface area (Å²) < 4.78 is 0. The molecule has 1 aliphatic heterocycles. The van der Waals surface area contributed by atoms with Crippen LogP contribution in [0.15, 0.2) is 18.2 Å². The smallest absolute Gasteiger partial charge is 0.251 e. The molecule has 3 nitrogen and oxygen atoms in total. The monoisotopic (exact) mass is 292 g/mol. The Kier molecular flexibility index (Phi) is 4.63. The number of aryl methyl sites for hydroxylation is 1. The second-order valence-corrected chi connectivity index (χ2v) is 7.36. The number of carbonyl (C=O) groups is 1. The minimum Gasteiger partial charge on any atom is -0.381 e. The molecule has 0 aromatic heterocycles. The highest BCUT2D eigenvalue weighted by Crippen LogP contribution is 2.35. The van der Waals surface area contributed by atoms with Crippen LogP contribution in [-0.4, -0.2) is 30.5 Å². The van der Waals surface area contributed by atoms with Gasteiger partial charge < -0.3 is 10.6 Å². The first-order valence-electron chi connectivity index (χ1n) is 7.08. The molecule has 1 saturated heterocycles. The van der Waals surface area contributed by atoms with Crippen LogP contribution >= 0.6 is 11.8 Å². The van der Waals surface area contributed by atoms with Crippen molar-refractivity contribution in [3.8, 4) is 0 Å². The van der Waals surface area contributed by atoms with Crippen molar-refractivity contribution in [1.29, 1.82) is 0 Å². The first kappa shape index (κ1) is 15.2. The first-order valence-corrected chi connectivity index (χ1v) is 8.24. The zero-order valence-electron chi connectivity index (χ0n) is 12.7. The van der Waals surface area contributed by atoms with Crippen molar-refractivity contribution >= 4 is 23.4 Å². The lowest BCUT2D eigenvalue weighted by atomic mass is 9.87. The Hall–Kier alpha value is -1.16. The van der Waals surface area contributed by atoms with Crippen LogP contribution < -0.4 is 10.6 Å². The summed E-state index contributed by atoms with van der Waals surface area (Å²) in [5.41, 5.74) is 3.38. The summed E-state index contributed by atoms with van der Waals surface area (Å²) in [5, 5.41) is 6.29. The molecule has 1 atom stereocenters. The fraction of sp³-hybridized carbons (Fsp3) is 0.562. The molecular weight excluding hydrogens is 268 g/mol. The van der Waals surface area contributed by atoms with Crippen molar-refractivity contribution in [2.75, 3.05) is 23.9 Å². The maximum absolute atomic E-state index is 11.6. The van der Waals surface area contributed by atoms with Crippen LogP contribution in [0.4, 0.5) is 5.69 Å². The van der Waals surface area contributed by atoms with E-state index >= 15 is 0 Å². The Morgan fingerprint density at radius 1 is 1.40 bits per heavy atom. The van der Waals surface area contributed by atoms with Crippen molar-refractivity contribution in [1.82, 2.24) is 5.32 Å². The van der Waals surface area contributed by atoms with Gasteiger partial charge in [0.2, 0.25) is 0 Å². The van der Waals surface area contributed by atoms with E-state index in [1.54, 1.807) is 7.05 Å². The largest absolute Gasteiger partial charge is 0.381 e. The van der Waals surface area contributed by atoms with Gasteiger partial charge in [-0.15, -0.1) is 0 Å². The van der Waals surface area contributed by atoms with Crippen molar-refractivity contribution < 1.29 is 4.79 Å². The summed E-state index contributed by atoms with van der Waals surface area (Å²) in [6, 6.07) is 6.36. The quantitative estimate of drug-likeness (QED) is 0.898. The average Bonchev–Trinajstić information content (AvgIpc) is 2.39. The Bertz CT molecular complexity index is 499. The molecule has 4 heteroatoms. The molecule has 1 fully saturated rings. The van der Waals surface area contributed by atoms with E-state index in [4.69, 9.17) is 0 Å². The van der Waals surface area contributed by atoms with Crippen LogP contribution in [0.3, 0.4) is 0 Å². The van der Waals surface area contributed by atoms with Crippen molar-refractivity contribution in [3.05, 3.63) is 29.3 Å². The predicted octanol–water partition coefficient (Wildman–Crippen LogP) is 3.30. The number of rotatable bonds is 3. The number of hydrogen-bond donors (Lipinski definition) is 2. The molecule has 20 heavy (non-hydrogen) atoms. The molecule has 0 radical (unpaired) electrons. The van der Waals surface area contributed by atoms with E-state index in [0.717, 1.165) is 17.0 Å². The molecule has 1 aromatic carbocycles. The fourth-order valence-electron chi connectivity index (χ4n) is 2.69. The standard InChI is InChI=1S/C16H24N2OS/c1-11-7-12(15(19)17-4)5-6-14(11)18-13-8-16(2,3)10-20-9-13/h5-7,13,18H,8-10H2,1-4H3,(H,17,19). The van der Waals surface area contributed by atoms with Gasteiger partial charge in [-0.25, -0.2) is 0 Å². The molecule has 2 rings (SSSR count). The maximum Gasteiger partial charge on any atom is 0.251 e. The van der Waals surface area contributed by atoms with Crippen molar-refractivity contribution in [2.24, 2.45) is 5.41 Å². The Balaban J connectivity index is 2.08. The number of nitrogens with one attached hydrogen (secondary N) is 2. The van der Waals surface area contributed by atoms with Crippen molar-refractivity contribution in [2.45, 2.75) is 33.2 Å². The number of thioether (sulfide) groups is 1. The number of benzene rings is 1. The molecule has 1 heterocycles. The summed E-state index contributed by atoms with van der Waals surface area (Å²) >= 11 is 2.02. The van der Waals surface area contributed by atoms with E-state index in [1.165, 1.54) is 12.2 Å². The summed E-state index contributed by atoms with van der Waals surface area (Å²) in [7, 11) is 1.66. The van der Waals surface area contributed by atoms with E-state index in [9.17, 15) is 4.79 Å². The minimum atomic E-state index is -0.0333. The van der Waals surface area contributed by atoms with Gasteiger partial charge in [0.1, 0.15) is 0 Å². The highest BCUT2D eigenvalue weighted by Gasteiger charge is 2.28. The Labute approximate surface area is 125 Å². The molecular formula is C16H24N2OS. The van der Waals surface area contributed by atoms with E-state index in [2.05, 4.69) is 31.4 Å². The van der Waals surface area contributed by atoms with Crippen LogP contribution in [0, 0.1) is 12.3 Å². The van der Waals surface area contributed by atoms with Gasteiger partial charge in [-0.1, -0.05) is 13.8 Å². The third-order valence-electron chi connectivity index (χ3n) is 3.69. The topological polar surface area (TPSA) is 41.1 Å². The number of carbonyl (C=O) groups excluding carboxylic acids is 1. The van der Waals surface area contributed by atoms with Gasteiger partial charge >= 0.3 is 0 Å². The minimum absolute atomic E-state index is 0.0333. The Morgan fingerprint density at radius 3 is 2.75 bits per heavy atom. The van der Waals surface area contributed by atoms with Gasteiger partial charge in [-0.05, 0) is 48.3 Å². The van der Waals surface area contributed by atoms with Gasteiger partial charge in [-0.2, -0.15) is 11.8 Å². The molecule has 1 amide bonds. The molecule has 1 aromatic rings. The average molecular weight is 292 g/mol. The normalized spacial score (nSPS) is 21.3. The van der Waals surface area contributed by atoms with Crippen LogP contribution in [0.25, 0.3) is 0 Å². The summed E-state index contributed by atoms with van der Waals surface area (Å²) in [5.74, 6) is 2.36. The van der Waals surface area contributed by atoms with Crippen LogP contribution in [-0.2, 0) is 0 Å². The van der Waals surface area contributed by atoms with Gasteiger partial charge in [0.25, 0.3) is 5.91 Å². The third kappa shape index (κ3) is 3.69. The van der Waals surface area contributed by atoms with E-state index < -0.39 is 0 Å². The summed E-state index contributed by atoms with van der Waals surface area (Å²) in [6.45, 7) is 6.71. The second-order valence-electron chi connectivity index (χ2n) is 6.33. The molecule has 2 N–H and O–H groups in total. The van der Waals surface area contributed by atoms with Gasteiger partial charge in [0.05, 0.1) is 0 Å². The SMILES string of the molecule is CNC(=O)c1ccc(NC2CSCC(C)(C)C2)c(C)c1. The lowest BCUT2D eigenvalue weighted by molar-refractivity contribution is 0.0963. The van der Waals surface area contributed by atoms with Gasteiger partial charge in [-0.3, -0.25) is 4.79 Å². The predicted molar refractivity (Wildman–Crippen MR) is 87.7 cm³/mol. The third-order valence-corrected chi connectivity index (χ3v) is 5.31. The lowest BCUT2D eigenvalue weighted by Crippen LogP contribution is -2.35. The van der Waals surface area contributed by atoms with Crippen LogP contribution in [0.1, 0.15) is 36.2 Å². The van der Waals surface area contributed by atoms with E-state index in [0.29, 0.717) is 17.0 Å². The fourth-order valence-corrected chi connectivity index (χ4v) is 3.96. The molecule has 110 valence electrons. The lowest BCUT2D eigenvalue weighted by Gasteiger charge is -2.35. The highest BCUT2D eigenvalue weighted by atomic mass is 32.2. The summed E-state index contributed by atoms with van der Waals surface area (Å²) in [6.07, 6.45) is 1.19. The zero-order valence-corrected chi connectivity index (χ0v) is 13.6. The van der Waals surface area contributed by atoms with Crippen molar-refractivity contribution in [3.63, 3.8) is 0 Å². The molecule has 1 aliphatic rings. The highest BCUT2D eigenvalue weighted by molar-refractivity contribution is 7.99. The number of hydrogen-bond acceptors (Lipinski definition) is 3. The first-order chi connectivity index (χ1) is 9.41. The zero-order chi connectivity index (χ0) is 14.8.